The summed E-state index contributed by atoms with van der Waals surface area (Å²) in [6, 6.07) is 0.484. The molecule has 0 aromatic carbocycles. The molecule has 1 atom stereocenters. The van der Waals surface area contributed by atoms with Gasteiger partial charge in [-0.05, 0) is 13.0 Å². The molecule has 2 amide bonds. The van der Waals surface area contributed by atoms with Crippen LogP contribution in [0.4, 0.5) is 0 Å². The lowest BCUT2D eigenvalue weighted by atomic mass is 10.0. The number of aryl methyl sites for hydroxylation is 1. The highest BCUT2D eigenvalue weighted by atomic mass is 16.5. The number of aliphatic carboxylic acids is 1. The second-order valence-electron chi connectivity index (χ2n) is 5.37. The van der Waals surface area contributed by atoms with Crippen molar-refractivity contribution in [3.8, 4) is 0 Å². The van der Waals surface area contributed by atoms with E-state index in [9.17, 15) is 19.2 Å². The minimum atomic E-state index is -1.23. The maximum absolute atomic E-state index is 12.0. The summed E-state index contributed by atoms with van der Waals surface area (Å²) in [4.78, 5) is 45.5. The van der Waals surface area contributed by atoms with Crippen LogP contribution in [0.1, 0.15) is 44.1 Å². The molecule has 0 saturated heterocycles. The molecule has 1 rings (SSSR count). The molecule has 9 nitrogen and oxygen atoms in total. The number of nitrogens with one attached hydrogen (secondary N) is 1. The molecule has 1 heterocycles. The second kappa shape index (κ2) is 10.0. The van der Waals surface area contributed by atoms with E-state index in [1.165, 1.54) is 0 Å². The van der Waals surface area contributed by atoms with Gasteiger partial charge in [-0.1, -0.05) is 11.2 Å². The predicted molar refractivity (Wildman–Crippen MR) is 87.2 cm³/mol. The van der Waals surface area contributed by atoms with Crippen LogP contribution in [-0.2, 0) is 25.6 Å². The number of carboxylic acid groups (broad SMARTS) is 1. The Hall–Kier alpha value is -2.97. The van der Waals surface area contributed by atoms with Crippen molar-refractivity contribution >= 4 is 29.6 Å². The van der Waals surface area contributed by atoms with Crippen LogP contribution in [0.5, 0.6) is 0 Å². The third-order valence-electron chi connectivity index (χ3n) is 3.23. The lowest BCUT2D eigenvalue weighted by Crippen LogP contribution is -2.42. The summed E-state index contributed by atoms with van der Waals surface area (Å²) < 4.78 is 5.06. The molecule has 0 saturated carbocycles. The number of amides is 2. The van der Waals surface area contributed by atoms with Crippen LogP contribution in [0, 0.1) is 0 Å². The average molecular weight is 351 g/mol. The van der Waals surface area contributed by atoms with E-state index in [-0.39, 0.29) is 25.7 Å². The Morgan fingerprint density at radius 1 is 1.32 bits per heavy atom. The molecule has 136 valence electrons. The fraction of sp³-hybridized carbons (Fsp3) is 0.438. The predicted octanol–water partition coefficient (Wildman–Crippen LogP) is 0.434. The molecule has 25 heavy (non-hydrogen) atoms. The molecule has 4 N–H and O–H groups in total. The Labute approximate surface area is 144 Å². The number of primary amides is 1. The summed E-state index contributed by atoms with van der Waals surface area (Å²) in [6.45, 7) is 1.83. The minimum absolute atomic E-state index is 0.00366. The molecule has 0 spiro atoms. The number of carbonyl (C=O) groups excluding carboxylic acids is 3. The van der Waals surface area contributed by atoms with Gasteiger partial charge in [0.15, 0.2) is 5.78 Å². The molecular formula is C16H21N3O6. The topological polar surface area (TPSA) is 153 Å². The summed E-state index contributed by atoms with van der Waals surface area (Å²) in [5.74, 6) is -2.45. The molecule has 0 bridgehead atoms. The number of allylic oxidation sites excluding steroid dienone is 1. The van der Waals surface area contributed by atoms with Crippen molar-refractivity contribution in [2.75, 3.05) is 0 Å². The number of carboxylic acids is 1. The number of Topliss-reactive ketones (excluding diaryl/α,β-unsaturated/α-hetero) is 1. The molecule has 0 fully saturated rings. The van der Waals surface area contributed by atoms with Crippen molar-refractivity contribution in [2.45, 2.75) is 45.1 Å². The zero-order chi connectivity index (χ0) is 18.8. The number of ketones is 1. The zero-order valence-corrected chi connectivity index (χ0v) is 13.9. The number of carbonyl (C=O) groups is 4. The fourth-order valence-electron chi connectivity index (χ4n) is 2.04. The van der Waals surface area contributed by atoms with Gasteiger partial charge in [0.2, 0.25) is 11.8 Å². The quantitative estimate of drug-likeness (QED) is 0.522. The maximum atomic E-state index is 12.0. The summed E-state index contributed by atoms with van der Waals surface area (Å²) in [7, 11) is 0. The van der Waals surface area contributed by atoms with Gasteiger partial charge < -0.3 is 20.7 Å². The Morgan fingerprint density at radius 3 is 2.64 bits per heavy atom. The lowest BCUT2D eigenvalue weighted by Gasteiger charge is -2.15. The lowest BCUT2D eigenvalue weighted by molar-refractivity contribution is -0.140. The Morgan fingerprint density at radius 2 is 2.04 bits per heavy atom. The Bertz CT molecular complexity index is 665. The highest BCUT2D eigenvalue weighted by Gasteiger charge is 2.23. The van der Waals surface area contributed by atoms with Gasteiger partial charge in [0, 0.05) is 31.7 Å². The van der Waals surface area contributed by atoms with E-state index < -0.39 is 36.0 Å². The van der Waals surface area contributed by atoms with Crippen LogP contribution in [0.25, 0.3) is 6.08 Å². The van der Waals surface area contributed by atoms with Gasteiger partial charge in [0.05, 0.1) is 12.5 Å². The van der Waals surface area contributed by atoms with Crippen molar-refractivity contribution in [3.05, 3.63) is 23.6 Å². The number of hydrogen-bond acceptors (Lipinski definition) is 6. The highest BCUT2D eigenvalue weighted by Crippen LogP contribution is 2.08. The van der Waals surface area contributed by atoms with Gasteiger partial charge in [-0.15, -0.1) is 0 Å². The largest absolute Gasteiger partial charge is 0.481 e. The van der Waals surface area contributed by atoms with Crippen LogP contribution in [0.15, 0.2) is 16.7 Å². The van der Waals surface area contributed by atoms with Gasteiger partial charge in [-0.2, -0.15) is 0 Å². The molecule has 1 aromatic heterocycles. The summed E-state index contributed by atoms with van der Waals surface area (Å²) in [5.41, 5.74) is 5.59. The SMILES string of the molecule is C/C=C/c1cc(CCC(=O)N[C@@H](CC(=O)O)C(=O)CCC(N)=O)on1. The molecule has 0 aliphatic heterocycles. The summed E-state index contributed by atoms with van der Waals surface area (Å²) >= 11 is 0. The van der Waals surface area contributed by atoms with Crippen LogP contribution < -0.4 is 11.1 Å². The van der Waals surface area contributed by atoms with Gasteiger partial charge >= 0.3 is 5.97 Å². The molecule has 0 radical (unpaired) electrons. The van der Waals surface area contributed by atoms with E-state index in [4.69, 9.17) is 15.4 Å². The maximum Gasteiger partial charge on any atom is 0.305 e. The summed E-state index contributed by atoms with van der Waals surface area (Å²) in [6.07, 6.45) is 2.82. The number of aromatic nitrogens is 1. The van der Waals surface area contributed by atoms with Gasteiger partial charge in [0.25, 0.3) is 0 Å². The van der Waals surface area contributed by atoms with Gasteiger partial charge in [-0.25, -0.2) is 0 Å². The van der Waals surface area contributed by atoms with Crippen LogP contribution in [0.3, 0.4) is 0 Å². The number of nitrogens with zero attached hydrogens (tertiary/aromatic N) is 1. The van der Waals surface area contributed by atoms with Crippen molar-refractivity contribution in [3.63, 3.8) is 0 Å². The number of hydrogen-bond donors (Lipinski definition) is 3. The van der Waals surface area contributed by atoms with E-state index >= 15 is 0 Å². The molecule has 0 aliphatic carbocycles. The fourth-order valence-corrected chi connectivity index (χ4v) is 2.04. The standard InChI is InChI=1S/C16H21N3O6/c1-2-3-10-8-11(25-19-10)4-7-15(22)18-12(9-16(23)24)13(20)5-6-14(17)21/h2-3,8,12H,4-7,9H2,1H3,(H2,17,21)(H,18,22)(H,23,24)/b3-2+/t12-/m0/s1. The van der Waals surface area contributed by atoms with E-state index in [1.807, 2.05) is 6.92 Å². The van der Waals surface area contributed by atoms with E-state index in [0.29, 0.717) is 11.5 Å². The third kappa shape index (κ3) is 7.91. The molecule has 0 aliphatic rings. The first-order valence-corrected chi connectivity index (χ1v) is 7.72. The van der Waals surface area contributed by atoms with Gasteiger partial charge in [0.1, 0.15) is 11.5 Å². The van der Waals surface area contributed by atoms with Crippen molar-refractivity contribution in [1.29, 1.82) is 0 Å². The number of nitrogens with two attached hydrogens (primary N) is 1. The summed E-state index contributed by atoms with van der Waals surface area (Å²) in [5, 5.41) is 15.0. The zero-order valence-electron chi connectivity index (χ0n) is 13.9. The molecule has 1 aromatic rings. The molecular weight excluding hydrogens is 330 g/mol. The molecule has 0 unspecified atom stereocenters. The second-order valence-corrected chi connectivity index (χ2v) is 5.37. The van der Waals surface area contributed by atoms with Crippen LogP contribution in [0.2, 0.25) is 0 Å². The minimum Gasteiger partial charge on any atom is -0.481 e. The first-order chi connectivity index (χ1) is 11.8. The van der Waals surface area contributed by atoms with Gasteiger partial charge in [-0.3, -0.25) is 19.2 Å². The van der Waals surface area contributed by atoms with Crippen molar-refractivity contribution in [2.24, 2.45) is 5.73 Å². The normalized spacial score (nSPS) is 12.0. The van der Waals surface area contributed by atoms with E-state index in [0.717, 1.165) is 0 Å². The van der Waals surface area contributed by atoms with Crippen molar-refractivity contribution < 1.29 is 28.8 Å². The van der Waals surface area contributed by atoms with E-state index in [2.05, 4.69) is 10.5 Å². The molecule has 9 heteroatoms. The van der Waals surface area contributed by atoms with Crippen LogP contribution in [-0.4, -0.2) is 39.9 Å². The highest BCUT2D eigenvalue weighted by molar-refractivity contribution is 5.93. The Balaban J connectivity index is 2.56. The first-order valence-electron chi connectivity index (χ1n) is 7.72. The van der Waals surface area contributed by atoms with Crippen LogP contribution >= 0.6 is 0 Å². The van der Waals surface area contributed by atoms with Crippen molar-refractivity contribution in [1.82, 2.24) is 10.5 Å². The Kier molecular flexibility index (Phi) is 8.04. The van der Waals surface area contributed by atoms with E-state index in [1.54, 1.807) is 18.2 Å². The third-order valence-corrected chi connectivity index (χ3v) is 3.23. The first kappa shape index (κ1) is 20.1. The smallest absolute Gasteiger partial charge is 0.305 e. The number of rotatable bonds is 11. The average Bonchev–Trinajstić information content (AvgIpc) is 2.97. The monoisotopic (exact) mass is 351 g/mol.